The van der Waals surface area contributed by atoms with Gasteiger partial charge in [-0.25, -0.2) is 9.82 Å². The molecule has 2 amide bonds. The van der Waals surface area contributed by atoms with E-state index in [4.69, 9.17) is 16.9 Å². The van der Waals surface area contributed by atoms with Crippen LogP contribution < -0.4 is 10.7 Å². The van der Waals surface area contributed by atoms with E-state index in [1.165, 1.54) is 22.0 Å². The van der Waals surface area contributed by atoms with Crippen LogP contribution in [0.4, 0.5) is 4.39 Å². The number of benzene rings is 1. The zero-order chi connectivity index (χ0) is 19.6. The van der Waals surface area contributed by atoms with Crippen molar-refractivity contribution in [2.45, 2.75) is 18.6 Å². The van der Waals surface area contributed by atoms with E-state index in [1.807, 2.05) is 6.07 Å². The zero-order valence-electron chi connectivity index (χ0n) is 14.2. The number of nitrogens with one attached hydrogen (secondary N) is 2. The summed E-state index contributed by atoms with van der Waals surface area (Å²) in [4.78, 5) is 26.4. The Bertz CT molecular complexity index is 835. The molecule has 1 aromatic rings. The number of nitrogens with zero attached hydrogens (tertiary/aromatic N) is 3. The third kappa shape index (κ3) is 3.88. The number of halogens is 2. The van der Waals surface area contributed by atoms with E-state index < -0.39 is 23.2 Å². The number of nitriles is 1. The Morgan fingerprint density at radius 3 is 2.96 bits per heavy atom. The topological polar surface area (TPSA) is 109 Å². The first-order chi connectivity index (χ1) is 12.8. The molecule has 8 nitrogen and oxygen atoms in total. The largest absolute Gasteiger partial charge is 0.372 e. The smallest absolute Gasteiger partial charge is 0.268 e. The Labute approximate surface area is 159 Å². The molecule has 0 saturated carbocycles. The number of hydrogen-bond acceptors (Lipinski definition) is 6. The summed E-state index contributed by atoms with van der Waals surface area (Å²) in [5.41, 5.74) is 1.70. The van der Waals surface area contributed by atoms with Crippen LogP contribution in [0.3, 0.4) is 0 Å². The van der Waals surface area contributed by atoms with Crippen molar-refractivity contribution in [1.29, 1.82) is 5.26 Å². The summed E-state index contributed by atoms with van der Waals surface area (Å²) in [5.74, 6) is -2.13. The lowest BCUT2D eigenvalue weighted by atomic mass is 10.0. The lowest BCUT2D eigenvalue weighted by molar-refractivity contribution is -0.153. The maximum Gasteiger partial charge on any atom is 0.268 e. The Balaban J connectivity index is 1.66. The van der Waals surface area contributed by atoms with Gasteiger partial charge in [-0.3, -0.25) is 14.6 Å². The van der Waals surface area contributed by atoms with Crippen molar-refractivity contribution in [3.05, 3.63) is 46.5 Å². The highest BCUT2D eigenvalue weighted by molar-refractivity contribution is 6.30. The molecule has 1 saturated heterocycles. The summed E-state index contributed by atoms with van der Waals surface area (Å²) < 4.78 is 13.4. The lowest BCUT2D eigenvalue weighted by Crippen LogP contribution is -2.52. The number of hydrazine groups is 1. The third-order valence-corrected chi connectivity index (χ3v) is 4.62. The molecule has 2 aliphatic heterocycles. The molecule has 1 unspecified atom stereocenters. The van der Waals surface area contributed by atoms with E-state index in [9.17, 15) is 19.1 Å². The van der Waals surface area contributed by atoms with Crippen molar-refractivity contribution in [2.75, 3.05) is 19.6 Å². The van der Waals surface area contributed by atoms with Gasteiger partial charge in [0.1, 0.15) is 12.4 Å². The van der Waals surface area contributed by atoms with Gasteiger partial charge >= 0.3 is 0 Å². The first-order valence-corrected chi connectivity index (χ1v) is 8.56. The molecule has 0 bridgehead atoms. The molecular weight excluding hydrogens is 377 g/mol. The first kappa shape index (κ1) is 19.1. The van der Waals surface area contributed by atoms with Crippen molar-refractivity contribution in [2.24, 2.45) is 0 Å². The second-order valence-corrected chi connectivity index (χ2v) is 6.71. The van der Waals surface area contributed by atoms with Gasteiger partial charge in [0.2, 0.25) is 5.60 Å². The number of aliphatic hydroxyl groups is 1. The van der Waals surface area contributed by atoms with Crippen LogP contribution in [0.2, 0.25) is 5.02 Å². The molecule has 142 valence electrons. The van der Waals surface area contributed by atoms with Crippen molar-refractivity contribution in [3.8, 4) is 6.07 Å². The SMILES string of the molecule is N#CCN1C=C(N2CCC(O)(C(=O)NCc3cc(F)cc(Cl)c3)C2=O)CN1. The van der Waals surface area contributed by atoms with Crippen molar-refractivity contribution >= 4 is 23.4 Å². The fourth-order valence-electron chi connectivity index (χ4n) is 3.03. The standard InChI is InChI=1S/C17H17ClFN5O3/c18-12-5-11(6-13(19)7-12)8-21-15(25)17(27)1-3-24(16(17)26)14-9-22-23(10-14)4-2-20/h5-7,10,22,27H,1,3-4,8-9H2,(H,21,25). The van der Waals surface area contributed by atoms with Gasteiger partial charge in [0.05, 0.1) is 18.3 Å². The second-order valence-electron chi connectivity index (χ2n) is 6.27. The summed E-state index contributed by atoms with van der Waals surface area (Å²) >= 11 is 5.77. The quantitative estimate of drug-likeness (QED) is 0.488. The minimum absolute atomic E-state index is 0.0723. The van der Waals surface area contributed by atoms with Crippen molar-refractivity contribution in [1.82, 2.24) is 20.7 Å². The summed E-state index contributed by atoms with van der Waals surface area (Å²) in [7, 11) is 0. The summed E-state index contributed by atoms with van der Waals surface area (Å²) in [6, 6.07) is 5.80. The molecular formula is C17H17ClFN5O3. The molecule has 0 aliphatic carbocycles. The summed E-state index contributed by atoms with van der Waals surface area (Å²) in [6.45, 7) is 0.508. The number of rotatable bonds is 5. The monoisotopic (exact) mass is 393 g/mol. The van der Waals surface area contributed by atoms with E-state index in [0.29, 0.717) is 17.8 Å². The third-order valence-electron chi connectivity index (χ3n) is 4.40. The highest BCUT2D eigenvalue weighted by Gasteiger charge is 2.52. The predicted molar refractivity (Wildman–Crippen MR) is 92.9 cm³/mol. The molecule has 3 rings (SSSR count). The van der Waals surface area contributed by atoms with Crippen molar-refractivity contribution < 1.29 is 19.1 Å². The zero-order valence-corrected chi connectivity index (χ0v) is 15.0. The van der Waals surface area contributed by atoms with Gasteiger partial charge in [0.25, 0.3) is 11.8 Å². The predicted octanol–water partition coefficient (Wildman–Crippen LogP) is 0.244. The minimum atomic E-state index is -2.19. The van der Waals surface area contributed by atoms with Gasteiger partial charge in [-0.1, -0.05) is 11.6 Å². The van der Waals surface area contributed by atoms with E-state index in [0.717, 1.165) is 6.07 Å². The second kappa shape index (κ2) is 7.52. The fraction of sp³-hybridized carbons (Fsp3) is 0.353. The van der Waals surface area contributed by atoms with Gasteiger partial charge in [-0.2, -0.15) is 5.26 Å². The Hall–Kier alpha value is -2.67. The Morgan fingerprint density at radius 1 is 1.48 bits per heavy atom. The van der Waals surface area contributed by atoms with Crippen LogP contribution in [0.15, 0.2) is 30.1 Å². The molecule has 2 heterocycles. The molecule has 0 radical (unpaired) electrons. The van der Waals surface area contributed by atoms with Crippen LogP contribution in [-0.2, 0) is 16.1 Å². The van der Waals surface area contributed by atoms with Gasteiger partial charge in [0, 0.05) is 30.7 Å². The minimum Gasteiger partial charge on any atom is -0.372 e. The molecule has 1 aromatic carbocycles. The maximum absolute atomic E-state index is 13.4. The number of hydrogen-bond donors (Lipinski definition) is 3. The highest BCUT2D eigenvalue weighted by atomic mass is 35.5. The first-order valence-electron chi connectivity index (χ1n) is 8.19. The molecule has 0 spiro atoms. The Morgan fingerprint density at radius 2 is 2.26 bits per heavy atom. The van der Waals surface area contributed by atoms with E-state index in [1.54, 1.807) is 6.20 Å². The van der Waals surface area contributed by atoms with Crippen LogP contribution in [0.1, 0.15) is 12.0 Å². The molecule has 1 atom stereocenters. The lowest BCUT2D eigenvalue weighted by Gasteiger charge is -2.22. The molecule has 27 heavy (non-hydrogen) atoms. The van der Waals surface area contributed by atoms with Gasteiger partial charge in [0.15, 0.2) is 0 Å². The molecule has 10 heteroatoms. The van der Waals surface area contributed by atoms with E-state index in [2.05, 4.69) is 10.7 Å². The molecule has 1 fully saturated rings. The number of carbonyl (C=O) groups is 2. The number of likely N-dealkylation sites (tertiary alicyclic amines) is 1. The van der Waals surface area contributed by atoms with Crippen LogP contribution in [0.5, 0.6) is 0 Å². The fourth-order valence-corrected chi connectivity index (χ4v) is 3.27. The van der Waals surface area contributed by atoms with Crippen LogP contribution in [-0.4, -0.2) is 52.1 Å². The molecule has 3 N–H and O–H groups in total. The maximum atomic E-state index is 13.4. The number of amides is 2. The molecule has 0 aromatic heterocycles. The van der Waals surface area contributed by atoms with E-state index >= 15 is 0 Å². The van der Waals surface area contributed by atoms with Crippen LogP contribution >= 0.6 is 11.6 Å². The van der Waals surface area contributed by atoms with Crippen LogP contribution in [0.25, 0.3) is 0 Å². The van der Waals surface area contributed by atoms with Gasteiger partial charge in [-0.05, 0) is 23.8 Å². The van der Waals surface area contributed by atoms with Gasteiger partial charge in [-0.15, -0.1) is 0 Å². The van der Waals surface area contributed by atoms with Crippen LogP contribution in [0, 0.1) is 17.1 Å². The number of carbonyl (C=O) groups excluding carboxylic acids is 2. The average Bonchev–Trinajstić information content (AvgIpc) is 3.18. The normalized spacial score (nSPS) is 22.0. The Kier molecular flexibility index (Phi) is 5.32. The molecule has 2 aliphatic rings. The van der Waals surface area contributed by atoms with E-state index in [-0.39, 0.29) is 31.1 Å². The summed E-state index contributed by atoms with van der Waals surface area (Å²) in [6.07, 6.45) is 1.52. The summed E-state index contributed by atoms with van der Waals surface area (Å²) in [5, 5.41) is 23.5. The average molecular weight is 394 g/mol. The van der Waals surface area contributed by atoms with Crippen molar-refractivity contribution in [3.63, 3.8) is 0 Å². The van der Waals surface area contributed by atoms with Gasteiger partial charge < -0.3 is 15.3 Å². The highest BCUT2D eigenvalue weighted by Crippen LogP contribution is 2.28.